The van der Waals surface area contributed by atoms with E-state index in [2.05, 4.69) is 19.2 Å². The maximum Gasteiger partial charge on any atom is 0.249 e. The number of aliphatic hydroxyl groups excluding tert-OH is 3. The van der Waals surface area contributed by atoms with Crippen LogP contribution in [0.5, 0.6) is 0 Å². The maximum atomic E-state index is 12.5. The average Bonchev–Trinajstić information content (AvgIpc) is 3.22. The lowest BCUT2D eigenvalue weighted by atomic mass is 10.0. The van der Waals surface area contributed by atoms with Gasteiger partial charge in [0.05, 0.1) is 18.8 Å². The molecule has 0 aromatic heterocycles. The summed E-state index contributed by atoms with van der Waals surface area (Å²) in [6.45, 7) is 4.25. The number of nitrogens with one attached hydrogen (secondary N) is 1. The van der Waals surface area contributed by atoms with Crippen LogP contribution in [-0.4, -0.2) is 46.1 Å². The molecule has 0 aromatic rings. The quantitative estimate of drug-likeness (QED) is 0.0461. The smallest absolute Gasteiger partial charge is 0.249 e. The Bertz CT molecular complexity index is 762. The van der Waals surface area contributed by atoms with Crippen LogP contribution in [0.25, 0.3) is 0 Å². The SMILES string of the molecule is CCCCCCCCCCCCCCCCCCCCCCCCCCCCCCCCCC(O)C(=O)NC(CO)C(O)CCCCCCCCCCCCCC. The molecule has 1 amide bonds. The minimum Gasteiger partial charge on any atom is -0.394 e. The molecule has 0 spiro atoms. The molecule has 5 nitrogen and oxygen atoms in total. The zero-order chi connectivity index (χ0) is 41.5. The summed E-state index contributed by atoms with van der Waals surface area (Å²) in [4.78, 5) is 12.5. The highest BCUT2D eigenvalue weighted by atomic mass is 16.3. The van der Waals surface area contributed by atoms with E-state index in [1.165, 1.54) is 244 Å². The normalized spacial score (nSPS) is 13.3. The van der Waals surface area contributed by atoms with Gasteiger partial charge in [0.15, 0.2) is 0 Å². The Morgan fingerprint density at radius 2 is 0.561 bits per heavy atom. The van der Waals surface area contributed by atoms with E-state index in [-0.39, 0.29) is 6.61 Å². The first-order valence-corrected chi connectivity index (χ1v) is 26.3. The Kier molecular flexibility index (Phi) is 47.5. The van der Waals surface area contributed by atoms with Gasteiger partial charge < -0.3 is 20.6 Å². The number of aliphatic hydroxyl groups is 3. The third-order valence-electron chi connectivity index (χ3n) is 12.7. The second-order valence-corrected chi connectivity index (χ2v) is 18.5. The van der Waals surface area contributed by atoms with Gasteiger partial charge in [-0.2, -0.15) is 0 Å². The highest BCUT2D eigenvalue weighted by Crippen LogP contribution is 2.18. The Hall–Kier alpha value is -0.650. The van der Waals surface area contributed by atoms with Gasteiger partial charge in [-0.15, -0.1) is 0 Å². The molecule has 0 bridgehead atoms. The summed E-state index contributed by atoms with van der Waals surface area (Å²) in [6, 6.07) is -0.705. The van der Waals surface area contributed by atoms with Crippen molar-refractivity contribution in [1.82, 2.24) is 5.32 Å². The van der Waals surface area contributed by atoms with Gasteiger partial charge in [-0.25, -0.2) is 0 Å². The largest absolute Gasteiger partial charge is 0.394 e. The average molecular weight is 808 g/mol. The Morgan fingerprint density at radius 1 is 0.351 bits per heavy atom. The standard InChI is InChI=1S/C52H105NO4/c1-3-5-7-9-11-13-15-17-18-19-20-21-22-23-24-25-26-27-28-29-30-31-32-33-34-35-37-39-41-43-45-47-51(56)52(57)53-49(48-54)50(55)46-44-42-40-38-36-16-14-12-10-8-6-4-2/h49-51,54-56H,3-48H2,1-2H3,(H,53,57). The summed E-state index contributed by atoms with van der Waals surface area (Å²) < 4.78 is 0. The number of amides is 1. The molecular weight excluding hydrogens is 703 g/mol. The lowest BCUT2D eigenvalue weighted by Crippen LogP contribution is -2.49. The van der Waals surface area contributed by atoms with Crippen LogP contribution in [0.1, 0.15) is 303 Å². The molecule has 4 N–H and O–H groups in total. The molecule has 0 fully saturated rings. The van der Waals surface area contributed by atoms with Crippen LogP contribution >= 0.6 is 0 Å². The molecule has 342 valence electrons. The monoisotopic (exact) mass is 808 g/mol. The molecule has 0 aliphatic carbocycles. The lowest BCUT2D eigenvalue weighted by molar-refractivity contribution is -0.131. The van der Waals surface area contributed by atoms with Gasteiger partial charge in [-0.05, 0) is 12.8 Å². The van der Waals surface area contributed by atoms with Crippen molar-refractivity contribution in [2.45, 2.75) is 321 Å². The first-order valence-electron chi connectivity index (χ1n) is 26.3. The fourth-order valence-corrected chi connectivity index (χ4v) is 8.61. The van der Waals surface area contributed by atoms with Crippen LogP contribution in [0.4, 0.5) is 0 Å². The summed E-state index contributed by atoms with van der Waals surface area (Å²) in [5.74, 6) is -0.464. The highest BCUT2D eigenvalue weighted by Gasteiger charge is 2.23. The number of carbonyl (C=O) groups is 1. The molecule has 0 saturated heterocycles. The molecule has 0 aliphatic rings. The first-order chi connectivity index (χ1) is 28.1. The number of carbonyl (C=O) groups excluding carboxylic acids is 1. The van der Waals surface area contributed by atoms with E-state index in [0.717, 1.165) is 32.1 Å². The third kappa shape index (κ3) is 43.3. The van der Waals surface area contributed by atoms with Crippen molar-refractivity contribution in [1.29, 1.82) is 0 Å². The molecular formula is C52H105NO4. The minimum absolute atomic E-state index is 0.308. The van der Waals surface area contributed by atoms with Gasteiger partial charge in [0.2, 0.25) is 5.91 Å². The van der Waals surface area contributed by atoms with E-state index >= 15 is 0 Å². The van der Waals surface area contributed by atoms with Crippen molar-refractivity contribution in [3.8, 4) is 0 Å². The Labute approximate surface area is 357 Å². The maximum absolute atomic E-state index is 12.5. The highest BCUT2D eigenvalue weighted by molar-refractivity contribution is 5.80. The van der Waals surface area contributed by atoms with Crippen molar-refractivity contribution in [2.24, 2.45) is 0 Å². The first kappa shape index (κ1) is 56.4. The lowest BCUT2D eigenvalue weighted by Gasteiger charge is -2.23. The molecule has 0 radical (unpaired) electrons. The van der Waals surface area contributed by atoms with Crippen molar-refractivity contribution in [2.75, 3.05) is 6.61 Å². The molecule has 0 saturated carbocycles. The van der Waals surface area contributed by atoms with E-state index in [1.807, 2.05) is 0 Å². The fraction of sp³-hybridized carbons (Fsp3) is 0.981. The van der Waals surface area contributed by atoms with E-state index in [9.17, 15) is 20.1 Å². The van der Waals surface area contributed by atoms with Gasteiger partial charge in [0.1, 0.15) is 6.10 Å². The summed E-state index contributed by atoms with van der Waals surface area (Å²) >= 11 is 0. The van der Waals surface area contributed by atoms with Crippen LogP contribution in [0.15, 0.2) is 0 Å². The minimum atomic E-state index is -1.07. The van der Waals surface area contributed by atoms with Crippen molar-refractivity contribution in [3.05, 3.63) is 0 Å². The van der Waals surface area contributed by atoms with Gasteiger partial charge in [0.25, 0.3) is 0 Å². The molecule has 3 atom stereocenters. The molecule has 3 unspecified atom stereocenters. The van der Waals surface area contributed by atoms with Gasteiger partial charge in [-0.1, -0.05) is 290 Å². The number of unbranched alkanes of at least 4 members (excludes halogenated alkanes) is 41. The van der Waals surface area contributed by atoms with Gasteiger partial charge in [-0.3, -0.25) is 4.79 Å². The van der Waals surface area contributed by atoms with E-state index in [0.29, 0.717) is 12.8 Å². The predicted octanol–water partition coefficient (Wildman–Crippen LogP) is 15.8. The van der Waals surface area contributed by atoms with Crippen LogP contribution in [0.2, 0.25) is 0 Å². The summed E-state index contributed by atoms with van der Waals surface area (Å²) in [5.41, 5.74) is 0. The van der Waals surface area contributed by atoms with Crippen molar-refractivity contribution >= 4 is 5.91 Å². The summed E-state index contributed by atoms with van der Waals surface area (Å²) in [7, 11) is 0. The van der Waals surface area contributed by atoms with Crippen LogP contribution in [-0.2, 0) is 4.79 Å². The van der Waals surface area contributed by atoms with Crippen LogP contribution < -0.4 is 5.32 Å². The molecule has 0 rings (SSSR count). The second-order valence-electron chi connectivity index (χ2n) is 18.5. The van der Waals surface area contributed by atoms with Gasteiger partial charge in [0, 0.05) is 0 Å². The fourth-order valence-electron chi connectivity index (χ4n) is 8.61. The van der Waals surface area contributed by atoms with Gasteiger partial charge >= 0.3 is 0 Å². The predicted molar refractivity (Wildman–Crippen MR) is 250 cm³/mol. The van der Waals surface area contributed by atoms with E-state index in [1.54, 1.807) is 0 Å². The van der Waals surface area contributed by atoms with Crippen LogP contribution in [0.3, 0.4) is 0 Å². The second kappa shape index (κ2) is 48.0. The molecule has 5 heteroatoms. The molecule has 57 heavy (non-hydrogen) atoms. The summed E-state index contributed by atoms with van der Waals surface area (Å²) in [6.07, 6.45) is 57.2. The molecule has 0 heterocycles. The Balaban J connectivity index is 3.43. The number of rotatable bonds is 49. The number of hydrogen-bond acceptors (Lipinski definition) is 4. The Morgan fingerprint density at radius 3 is 0.789 bits per heavy atom. The van der Waals surface area contributed by atoms with E-state index in [4.69, 9.17) is 0 Å². The summed E-state index contributed by atoms with van der Waals surface area (Å²) in [5, 5.41) is 33.4. The van der Waals surface area contributed by atoms with E-state index < -0.39 is 24.2 Å². The number of hydrogen-bond donors (Lipinski definition) is 4. The van der Waals surface area contributed by atoms with Crippen LogP contribution in [0, 0.1) is 0 Å². The van der Waals surface area contributed by atoms with Crippen molar-refractivity contribution < 1.29 is 20.1 Å². The molecule has 0 aliphatic heterocycles. The van der Waals surface area contributed by atoms with Crippen molar-refractivity contribution in [3.63, 3.8) is 0 Å². The third-order valence-corrected chi connectivity index (χ3v) is 12.7. The topological polar surface area (TPSA) is 89.8 Å². The zero-order valence-electron chi connectivity index (χ0n) is 39.0. The molecule has 0 aromatic carbocycles. The zero-order valence-corrected chi connectivity index (χ0v) is 39.0.